The number of rotatable bonds is 5. The van der Waals surface area contributed by atoms with E-state index in [9.17, 15) is 9.59 Å². The molecule has 0 radical (unpaired) electrons. The lowest BCUT2D eigenvalue weighted by Crippen LogP contribution is -2.19. The lowest BCUT2D eigenvalue weighted by atomic mass is 10.1. The number of carbonyl (C=O) groups excluding carboxylic acids is 2. The zero-order valence-electron chi connectivity index (χ0n) is 14.7. The van der Waals surface area contributed by atoms with Crippen molar-refractivity contribution in [1.82, 2.24) is 9.78 Å². The van der Waals surface area contributed by atoms with E-state index in [1.807, 2.05) is 60.7 Å². The second-order valence-corrected chi connectivity index (χ2v) is 6.93. The Morgan fingerprint density at radius 1 is 0.964 bits per heavy atom. The first-order valence-corrected chi connectivity index (χ1v) is 9.41. The number of benzene rings is 2. The first kappa shape index (κ1) is 17.7. The molecule has 0 atom stereocenters. The van der Waals surface area contributed by atoms with E-state index in [1.54, 1.807) is 22.2 Å². The van der Waals surface area contributed by atoms with Gasteiger partial charge < -0.3 is 11.1 Å². The van der Waals surface area contributed by atoms with Gasteiger partial charge in [-0.05, 0) is 29.6 Å². The van der Waals surface area contributed by atoms with Gasteiger partial charge in [0.2, 0.25) is 0 Å². The van der Waals surface area contributed by atoms with Crippen LogP contribution in [0.5, 0.6) is 0 Å². The van der Waals surface area contributed by atoms with Crippen molar-refractivity contribution < 1.29 is 9.59 Å². The number of hydrogen-bond acceptors (Lipinski definition) is 4. The molecule has 7 heteroatoms. The summed E-state index contributed by atoms with van der Waals surface area (Å²) in [6, 6.07) is 22.4. The van der Waals surface area contributed by atoms with Gasteiger partial charge in [-0.25, -0.2) is 4.68 Å². The van der Waals surface area contributed by atoms with Gasteiger partial charge in [-0.15, -0.1) is 11.3 Å². The first-order chi connectivity index (χ1) is 13.6. The van der Waals surface area contributed by atoms with Crippen LogP contribution >= 0.6 is 11.3 Å². The summed E-state index contributed by atoms with van der Waals surface area (Å²) in [5, 5.41) is 9.53. The van der Waals surface area contributed by atoms with E-state index in [0.29, 0.717) is 16.4 Å². The maximum absolute atomic E-state index is 13.0. The maximum Gasteiger partial charge on any atom is 0.275 e. The van der Waals surface area contributed by atoms with E-state index >= 15 is 0 Å². The Bertz CT molecular complexity index is 1130. The largest absolute Gasteiger partial charge is 0.366 e. The Labute approximate surface area is 165 Å². The lowest BCUT2D eigenvalue weighted by molar-refractivity contribution is 0.100. The molecule has 0 saturated heterocycles. The zero-order chi connectivity index (χ0) is 19.5. The van der Waals surface area contributed by atoms with Crippen LogP contribution in [0.1, 0.15) is 20.8 Å². The smallest absolute Gasteiger partial charge is 0.275 e. The SMILES string of the molecule is NC(=O)c1ccsc1NC(=O)c1cc(-c2ccccc2)nn1-c1ccccc1. The van der Waals surface area contributed by atoms with Gasteiger partial charge in [0.25, 0.3) is 11.8 Å². The number of nitrogens with zero attached hydrogens (tertiary/aromatic N) is 2. The van der Waals surface area contributed by atoms with E-state index in [0.717, 1.165) is 11.3 Å². The van der Waals surface area contributed by atoms with Crippen molar-refractivity contribution in [3.63, 3.8) is 0 Å². The Morgan fingerprint density at radius 2 is 1.64 bits per heavy atom. The fourth-order valence-electron chi connectivity index (χ4n) is 2.83. The minimum atomic E-state index is -0.585. The third-order valence-corrected chi connectivity index (χ3v) is 5.00. The number of nitrogens with two attached hydrogens (primary N) is 1. The van der Waals surface area contributed by atoms with Gasteiger partial charge in [0.05, 0.1) is 16.9 Å². The molecular formula is C21H16N4O2S. The van der Waals surface area contributed by atoms with Crippen molar-refractivity contribution in [2.24, 2.45) is 5.73 Å². The van der Waals surface area contributed by atoms with Gasteiger partial charge in [-0.3, -0.25) is 9.59 Å². The van der Waals surface area contributed by atoms with Crippen molar-refractivity contribution in [3.8, 4) is 16.9 Å². The Hall–Kier alpha value is -3.71. The molecule has 0 saturated carbocycles. The molecular weight excluding hydrogens is 372 g/mol. The summed E-state index contributed by atoms with van der Waals surface area (Å²) in [4.78, 5) is 24.5. The molecule has 0 aliphatic rings. The highest BCUT2D eigenvalue weighted by molar-refractivity contribution is 7.14. The number of nitrogens with one attached hydrogen (secondary N) is 1. The van der Waals surface area contributed by atoms with Crippen molar-refractivity contribution in [2.75, 3.05) is 5.32 Å². The highest BCUT2D eigenvalue weighted by Crippen LogP contribution is 2.26. The quantitative estimate of drug-likeness (QED) is 0.542. The molecule has 2 aromatic carbocycles. The highest BCUT2D eigenvalue weighted by atomic mass is 32.1. The number of primary amides is 1. The zero-order valence-corrected chi connectivity index (χ0v) is 15.5. The average molecular weight is 388 g/mol. The van der Waals surface area contributed by atoms with Crippen LogP contribution in [0.3, 0.4) is 0 Å². The van der Waals surface area contributed by atoms with Crippen LogP contribution in [0.4, 0.5) is 5.00 Å². The molecule has 6 nitrogen and oxygen atoms in total. The average Bonchev–Trinajstić information content (AvgIpc) is 3.36. The monoisotopic (exact) mass is 388 g/mol. The summed E-state index contributed by atoms with van der Waals surface area (Å²) >= 11 is 1.24. The van der Waals surface area contributed by atoms with Crippen LogP contribution < -0.4 is 11.1 Å². The van der Waals surface area contributed by atoms with Crippen LogP contribution in [-0.2, 0) is 0 Å². The first-order valence-electron chi connectivity index (χ1n) is 8.53. The Morgan fingerprint density at radius 3 is 2.32 bits per heavy atom. The van der Waals surface area contributed by atoms with Crippen molar-refractivity contribution in [2.45, 2.75) is 0 Å². The summed E-state index contributed by atoms with van der Waals surface area (Å²) in [5.74, 6) is -0.957. The lowest BCUT2D eigenvalue weighted by Gasteiger charge is -2.08. The molecule has 2 aromatic heterocycles. The molecule has 0 unspecified atom stereocenters. The predicted octanol–water partition coefficient (Wildman–Crippen LogP) is 3.95. The van der Waals surface area contributed by atoms with E-state index in [2.05, 4.69) is 10.4 Å². The number of hydrogen-bond donors (Lipinski definition) is 2. The molecule has 0 spiro atoms. The molecule has 0 aliphatic heterocycles. The molecule has 138 valence electrons. The van der Waals surface area contributed by atoms with Crippen molar-refractivity contribution >= 4 is 28.2 Å². The molecule has 0 bridgehead atoms. The second-order valence-electron chi connectivity index (χ2n) is 6.01. The number of amides is 2. The second kappa shape index (κ2) is 7.50. The van der Waals surface area contributed by atoms with Crippen molar-refractivity contribution in [1.29, 1.82) is 0 Å². The van der Waals surface area contributed by atoms with Gasteiger partial charge in [0.1, 0.15) is 10.7 Å². The minimum Gasteiger partial charge on any atom is -0.366 e. The summed E-state index contributed by atoms with van der Waals surface area (Å²) in [6.07, 6.45) is 0. The Kier molecular flexibility index (Phi) is 4.74. The van der Waals surface area contributed by atoms with Gasteiger partial charge in [-0.1, -0.05) is 48.5 Å². The topological polar surface area (TPSA) is 90.0 Å². The molecule has 2 heterocycles. The number of para-hydroxylation sites is 1. The summed E-state index contributed by atoms with van der Waals surface area (Å²) in [5.41, 5.74) is 8.35. The van der Waals surface area contributed by atoms with Gasteiger partial charge in [0, 0.05) is 5.56 Å². The summed E-state index contributed by atoms with van der Waals surface area (Å²) < 4.78 is 1.59. The molecule has 3 N–H and O–H groups in total. The standard InChI is InChI=1S/C21H16N4O2S/c22-19(26)16-11-12-28-21(16)23-20(27)18-13-17(14-7-3-1-4-8-14)24-25(18)15-9-5-2-6-10-15/h1-13H,(H2,22,26)(H,23,27). The molecule has 4 rings (SSSR count). The van der Waals surface area contributed by atoms with Gasteiger partial charge in [0.15, 0.2) is 0 Å². The Balaban J connectivity index is 1.76. The third-order valence-electron chi connectivity index (χ3n) is 4.17. The number of anilines is 1. The number of thiophene rings is 1. The van der Waals surface area contributed by atoms with Crippen LogP contribution in [0, 0.1) is 0 Å². The van der Waals surface area contributed by atoms with Crippen LogP contribution in [0.2, 0.25) is 0 Å². The van der Waals surface area contributed by atoms with Crippen molar-refractivity contribution in [3.05, 3.63) is 89.4 Å². The summed E-state index contributed by atoms with van der Waals surface area (Å²) in [7, 11) is 0. The third kappa shape index (κ3) is 3.43. The van der Waals surface area contributed by atoms with Crippen LogP contribution in [0.15, 0.2) is 78.2 Å². The van der Waals surface area contributed by atoms with E-state index in [-0.39, 0.29) is 11.5 Å². The summed E-state index contributed by atoms with van der Waals surface area (Å²) in [6.45, 7) is 0. The molecule has 4 aromatic rings. The molecule has 0 fully saturated rings. The fourth-order valence-corrected chi connectivity index (χ4v) is 3.61. The fraction of sp³-hybridized carbons (Fsp3) is 0. The molecule has 2 amide bonds. The van der Waals surface area contributed by atoms with Gasteiger partial charge in [-0.2, -0.15) is 5.10 Å². The predicted molar refractivity (Wildman–Crippen MR) is 110 cm³/mol. The molecule has 28 heavy (non-hydrogen) atoms. The van der Waals surface area contributed by atoms with E-state index in [1.165, 1.54) is 11.3 Å². The number of carbonyl (C=O) groups is 2. The normalized spacial score (nSPS) is 10.6. The van der Waals surface area contributed by atoms with Crippen LogP contribution in [0.25, 0.3) is 16.9 Å². The minimum absolute atomic E-state index is 0.285. The number of aromatic nitrogens is 2. The maximum atomic E-state index is 13.0. The van der Waals surface area contributed by atoms with E-state index < -0.39 is 5.91 Å². The van der Waals surface area contributed by atoms with Crippen LogP contribution in [-0.4, -0.2) is 21.6 Å². The highest BCUT2D eigenvalue weighted by Gasteiger charge is 2.20. The van der Waals surface area contributed by atoms with Gasteiger partial charge >= 0.3 is 0 Å². The molecule has 0 aliphatic carbocycles. The van der Waals surface area contributed by atoms with E-state index in [4.69, 9.17) is 5.73 Å².